The molecule has 0 saturated carbocycles. The Kier molecular flexibility index (Phi) is 4.66. The van der Waals surface area contributed by atoms with Crippen LogP contribution in [0.15, 0.2) is 24.4 Å². The normalized spacial score (nSPS) is 15.1. The molecule has 0 amide bonds. The molecule has 4 nitrogen and oxygen atoms in total. The molecule has 94 valence electrons. The van der Waals surface area contributed by atoms with Gasteiger partial charge in [0.1, 0.15) is 11.1 Å². The maximum atomic E-state index is 9.49. The van der Waals surface area contributed by atoms with Gasteiger partial charge in [0.25, 0.3) is 0 Å². The van der Waals surface area contributed by atoms with Crippen LogP contribution < -0.4 is 5.49 Å². The van der Waals surface area contributed by atoms with Crippen molar-refractivity contribution in [3.63, 3.8) is 0 Å². The van der Waals surface area contributed by atoms with E-state index >= 15 is 0 Å². The van der Waals surface area contributed by atoms with E-state index in [4.69, 9.17) is 10.1 Å². The summed E-state index contributed by atoms with van der Waals surface area (Å²) in [7, 11) is 1.58. The van der Waals surface area contributed by atoms with Crippen molar-refractivity contribution < 1.29 is 9.84 Å². The summed E-state index contributed by atoms with van der Waals surface area (Å²) in [5, 5.41) is 17.4. The number of allylic oxidation sites excluding steroid dienone is 1. The van der Waals surface area contributed by atoms with Gasteiger partial charge in [0.05, 0.1) is 6.61 Å². The number of aliphatic hydroxyl groups excluding tert-OH is 1. The first-order chi connectivity index (χ1) is 8.13. The van der Waals surface area contributed by atoms with E-state index in [0.717, 1.165) is 5.56 Å². The summed E-state index contributed by atoms with van der Waals surface area (Å²) in [6.07, 6.45) is 6.14. The van der Waals surface area contributed by atoms with Gasteiger partial charge in [-0.3, -0.25) is 5.41 Å². The lowest BCUT2D eigenvalue weighted by Gasteiger charge is -2.29. The van der Waals surface area contributed by atoms with Crippen molar-refractivity contribution in [3.8, 4) is 0 Å². The van der Waals surface area contributed by atoms with Crippen LogP contribution in [0.2, 0.25) is 0 Å². The molecule has 1 aromatic rings. The van der Waals surface area contributed by atoms with Crippen LogP contribution in [0.25, 0.3) is 6.20 Å². The predicted octanol–water partition coefficient (Wildman–Crippen LogP) is 1.70. The lowest BCUT2D eigenvalue weighted by atomic mass is 9.92. The number of hydrogen-bond donors (Lipinski definition) is 2. The Morgan fingerprint density at radius 2 is 2.29 bits per heavy atom. The van der Waals surface area contributed by atoms with Gasteiger partial charge in [0, 0.05) is 19.5 Å². The van der Waals surface area contributed by atoms with E-state index < -0.39 is 5.60 Å². The second-order valence-electron chi connectivity index (χ2n) is 3.90. The van der Waals surface area contributed by atoms with Gasteiger partial charge in [-0.2, -0.15) is 0 Å². The van der Waals surface area contributed by atoms with Gasteiger partial charge in [-0.1, -0.05) is 13.0 Å². The molecule has 1 unspecified atom stereocenters. The van der Waals surface area contributed by atoms with E-state index in [9.17, 15) is 5.11 Å². The first-order valence-electron chi connectivity index (χ1n) is 5.69. The first-order valence-corrected chi connectivity index (χ1v) is 5.69. The Bertz CT molecular complexity index is 437. The lowest BCUT2D eigenvalue weighted by molar-refractivity contribution is -0.0600. The third-order valence-electron chi connectivity index (χ3n) is 3.04. The minimum Gasteiger partial charge on any atom is -0.393 e. The molecule has 0 saturated heterocycles. The van der Waals surface area contributed by atoms with Crippen LogP contribution >= 0.6 is 0 Å². The molecule has 0 aliphatic carbocycles. The molecular weight excluding hydrogens is 216 g/mol. The molecule has 1 rings (SSSR count). The smallest absolute Gasteiger partial charge is 0.129 e. The maximum Gasteiger partial charge on any atom is 0.129 e. The largest absolute Gasteiger partial charge is 0.393 e. The predicted molar refractivity (Wildman–Crippen MR) is 67.4 cm³/mol. The third kappa shape index (κ3) is 2.65. The lowest BCUT2D eigenvalue weighted by Crippen LogP contribution is -2.33. The third-order valence-corrected chi connectivity index (χ3v) is 3.04. The highest BCUT2D eigenvalue weighted by Gasteiger charge is 2.29. The highest BCUT2D eigenvalue weighted by atomic mass is 16.5. The Morgan fingerprint density at radius 3 is 2.71 bits per heavy atom. The Labute approximate surface area is 102 Å². The zero-order chi connectivity index (χ0) is 12.9. The topological polar surface area (TPSA) is 58.2 Å². The van der Waals surface area contributed by atoms with Crippen LogP contribution in [0.3, 0.4) is 0 Å². The van der Waals surface area contributed by atoms with Gasteiger partial charge >= 0.3 is 0 Å². The average Bonchev–Trinajstić information content (AvgIpc) is 2.35. The number of rotatable bonds is 5. The van der Waals surface area contributed by atoms with Gasteiger partial charge in [-0.05, 0) is 31.0 Å². The fourth-order valence-corrected chi connectivity index (χ4v) is 1.82. The summed E-state index contributed by atoms with van der Waals surface area (Å²) in [6, 6.07) is 3.60. The number of hydrogen-bond acceptors (Lipinski definition) is 3. The minimum atomic E-state index is -0.704. The Morgan fingerprint density at radius 1 is 1.59 bits per heavy atom. The molecule has 1 aromatic heterocycles. The molecule has 0 bridgehead atoms. The monoisotopic (exact) mass is 236 g/mol. The summed E-state index contributed by atoms with van der Waals surface area (Å²) in [4.78, 5) is 0. The van der Waals surface area contributed by atoms with E-state index in [1.54, 1.807) is 23.9 Å². The van der Waals surface area contributed by atoms with Crippen molar-refractivity contribution in [2.24, 2.45) is 0 Å². The molecule has 0 fully saturated rings. The molecule has 1 atom stereocenters. The van der Waals surface area contributed by atoms with Crippen molar-refractivity contribution in [1.29, 1.82) is 5.41 Å². The van der Waals surface area contributed by atoms with E-state index in [1.165, 1.54) is 0 Å². The fourth-order valence-electron chi connectivity index (χ4n) is 1.82. The van der Waals surface area contributed by atoms with Crippen LogP contribution in [0.1, 0.15) is 25.8 Å². The van der Waals surface area contributed by atoms with Crippen LogP contribution in [0.5, 0.6) is 0 Å². The van der Waals surface area contributed by atoms with Crippen LogP contribution in [-0.2, 0) is 10.3 Å². The molecule has 0 aliphatic heterocycles. The van der Waals surface area contributed by atoms with Gasteiger partial charge in [-0.25, -0.2) is 0 Å². The van der Waals surface area contributed by atoms with Gasteiger partial charge < -0.3 is 14.4 Å². The number of ether oxygens (including phenoxy) is 1. The summed E-state index contributed by atoms with van der Waals surface area (Å²) in [6.45, 7) is 3.77. The zero-order valence-electron chi connectivity index (χ0n) is 10.6. The van der Waals surface area contributed by atoms with Crippen molar-refractivity contribution in [2.75, 3.05) is 13.7 Å². The molecule has 0 aliphatic rings. The molecule has 0 spiro atoms. The quantitative estimate of drug-likeness (QED) is 0.817. The highest BCUT2D eigenvalue weighted by molar-refractivity contribution is 5.26. The number of nitrogens with one attached hydrogen (secondary N) is 1. The van der Waals surface area contributed by atoms with Gasteiger partial charge in [-0.15, -0.1) is 0 Å². The summed E-state index contributed by atoms with van der Waals surface area (Å²) in [5.74, 6) is 0. The van der Waals surface area contributed by atoms with Crippen LogP contribution in [0.4, 0.5) is 0 Å². The number of aliphatic hydroxyl groups is 1. The minimum absolute atomic E-state index is 0.0902. The van der Waals surface area contributed by atoms with E-state index in [1.807, 2.05) is 32.2 Å². The Hall–Kier alpha value is -1.39. The van der Waals surface area contributed by atoms with Crippen molar-refractivity contribution >= 4 is 6.20 Å². The van der Waals surface area contributed by atoms with Crippen molar-refractivity contribution in [2.45, 2.75) is 25.9 Å². The van der Waals surface area contributed by atoms with Crippen molar-refractivity contribution in [1.82, 2.24) is 4.57 Å². The number of aromatic nitrogens is 1. The standard InChI is InChI=1S/C13H20N2O2/c1-4-7-15-8-6-11(9-12(15)14)13(5-2,10-16)17-3/h4,6-9,14,16H,5,10H2,1-3H3/b7-4-,14-12?. The highest BCUT2D eigenvalue weighted by Crippen LogP contribution is 2.27. The number of methoxy groups -OCH3 is 1. The van der Waals surface area contributed by atoms with E-state index in [2.05, 4.69) is 0 Å². The average molecular weight is 236 g/mol. The molecular formula is C13H20N2O2. The van der Waals surface area contributed by atoms with Crippen molar-refractivity contribution in [3.05, 3.63) is 35.5 Å². The zero-order valence-corrected chi connectivity index (χ0v) is 10.6. The summed E-state index contributed by atoms with van der Waals surface area (Å²) >= 11 is 0. The molecule has 1 heterocycles. The number of pyridine rings is 1. The molecule has 0 radical (unpaired) electrons. The molecule has 4 heteroatoms. The van der Waals surface area contributed by atoms with E-state index in [0.29, 0.717) is 11.9 Å². The SMILES string of the molecule is C/C=C\n1ccc(C(CC)(CO)OC)cc1=N. The van der Waals surface area contributed by atoms with Gasteiger partial charge in [0.2, 0.25) is 0 Å². The molecule has 0 aromatic carbocycles. The second-order valence-corrected chi connectivity index (χ2v) is 3.90. The first kappa shape index (κ1) is 13.7. The Balaban J connectivity index is 3.24. The second kappa shape index (κ2) is 5.80. The fraction of sp³-hybridized carbons (Fsp3) is 0.462. The van der Waals surface area contributed by atoms with Crippen LogP contribution in [-0.4, -0.2) is 23.4 Å². The van der Waals surface area contributed by atoms with Crippen LogP contribution in [0, 0.1) is 5.41 Å². The molecule has 17 heavy (non-hydrogen) atoms. The maximum absolute atomic E-state index is 9.49. The molecule has 2 N–H and O–H groups in total. The number of nitrogens with zero attached hydrogens (tertiary/aromatic N) is 1. The summed E-state index contributed by atoms with van der Waals surface area (Å²) in [5.41, 5.74) is 0.491. The van der Waals surface area contributed by atoms with E-state index in [-0.39, 0.29) is 6.61 Å². The summed E-state index contributed by atoms with van der Waals surface area (Å²) < 4.78 is 7.12. The van der Waals surface area contributed by atoms with Gasteiger partial charge in [0.15, 0.2) is 0 Å².